The summed E-state index contributed by atoms with van der Waals surface area (Å²) in [6, 6.07) is 0.974. The van der Waals surface area contributed by atoms with Crippen LogP contribution in [0.2, 0.25) is 0 Å². The molecule has 2 aliphatic heterocycles. The number of nitrogens with zero attached hydrogens (tertiary/aromatic N) is 1. The predicted molar refractivity (Wildman–Crippen MR) is 53.7 cm³/mol. The van der Waals surface area contributed by atoms with Crippen molar-refractivity contribution in [1.82, 2.24) is 10.2 Å². The minimum Gasteiger partial charge on any atom is -0.316 e. The van der Waals surface area contributed by atoms with Gasteiger partial charge in [0.15, 0.2) is 0 Å². The van der Waals surface area contributed by atoms with Gasteiger partial charge in [-0.1, -0.05) is 6.42 Å². The molecule has 13 heavy (non-hydrogen) atoms. The van der Waals surface area contributed by atoms with E-state index in [0.717, 1.165) is 17.9 Å². The van der Waals surface area contributed by atoms with Crippen LogP contribution in [0.3, 0.4) is 0 Å². The van der Waals surface area contributed by atoms with Crippen molar-refractivity contribution in [2.75, 3.05) is 26.2 Å². The highest BCUT2D eigenvalue weighted by atomic mass is 15.2. The fourth-order valence-corrected chi connectivity index (χ4v) is 3.15. The van der Waals surface area contributed by atoms with Crippen molar-refractivity contribution < 1.29 is 0 Å². The summed E-state index contributed by atoms with van der Waals surface area (Å²) < 4.78 is 0. The monoisotopic (exact) mass is 180 g/mol. The van der Waals surface area contributed by atoms with Crippen LogP contribution in [0, 0.1) is 11.8 Å². The Hall–Kier alpha value is -0.0800. The third-order valence-corrected chi connectivity index (χ3v) is 4.33. The third-order valence-electron chi connectivity index (χ3n) is 4.33. The van der Waals surface area contributed by atoms with E-state index in [1.807, 2.05) is 0 Å². The number of hydrogen-bond donors (Lipinski definition) is 1. The fraction of sp³-hybridized carbons (Fsp3) is 1.00. The highest BCUT2D eigenvalue weighted by Crippen LogP contribution is 2.32. The lowest BCUT2D eigenvalue weighted by Crippen LogP contribution is -2.48. The number of fused-ring (bicyclic) bond motifs is 1. The van der Waals surface area contributed by atoms with E-state index in [4.69, 9.17) is 0 Å². The Kier molecular flexibility index (Phi) is 2.06. The van der Waals surface area contributed by atoms with Gasteiger partial charge in [0, 0.05) is 12.6 Å². The number of rotatable bonds is 1. The van der Waals surface area contributed by atoms with Crippen molar-refractivity contribution in [2.45, 2.75) is 31.7 Å². The average molecular weight is 180 g/mol. The zero-order chi connectivity index (χ0) is 8.67. The number of nitrogens with one attached hydrogen (secondary N) is 1. The van der Waals surface area contributed by atoms with Crippen LogP contribution in [0.4, 0.5) is 0 Å². The summed E-state index contributed by atoms with van der Waals surface area (Å²) in [6.45, 7) is 5.35. The molecule has 2 unspecified atom stereocenters. The molecule has 2 heterocycles. The second kappa shape index (κ2) is 3.25. The molecule has 2 atom stereocenters. The van der Waals surface area contributed by atoms with Gasteiger partial charge in [-0.3, -0.25) is 0 Å². The van der Waals surface area contributed by atoms with Gasteiger partial charge in [0.1, 0.15) is 0 Å². The lowest BCUT2D eigenvalue weighted by molar-refractivity contribution is 0.0636. The van der Waals surface area contributed by atoms with Crippen LogP contribution in [0.15, 0.2) is 0 Å². The normalized spacial score (nSPS) is 41.5. The van der Waals surface area contributed by atoms with Crippen LogP contribution in [-0.2, 0) is 0 Å². The Morgan fingerprint density at radius 1 is 1.00 bits per heavy atom. The van der Waals surface area contributed by atoms with Crippen LogP contribution in [-0.4, -0.2) is 37.1 Å². The Labute approximate surface area is 80.7 Å². The highest BCUT2D eigenvalue weighted by Gasteiger charge is 2.36. The summed E-state index contributed by atoms with van der Waals surface area (Å²) in [7, 11) is 0. The quantitative estimate of drug-likeness (QED) is 0.649. The highest BCUT2D eigenvalue weighted by molar-refractivity contribution is 4.91. The van der Waals surface area contributed by atoms with Gasteiger partial charge in [-0.2, -0.15) is 0 Å². The topological polar surface area (TPSA) is 15.3 Å². The van der Waals surface area contributed by atoms with E-state index < -0.39 is 0 Å². The minimum atomic E-state index is 0.974. The maximum atomic E-state index is 3.53. The molecule has 1 aliphatic carbocycles. The molecule has 0 spiro atoms. The second-order valence-electron chi connectivity index (χ2n) is 5.05. The van der Waals surface area contributed by atoms with Crippen LogP contribution in [0.25, 0.3) is 0 Å². The van der Waals surface area contributed by atoms with Crippen molar-refractivity contribution in [3.8, 4) is 0 Å². The van der Waals surface area contributed by atoms with Gasteiger partial charge in [0.2, 0.25) is 0 Å². The Morgan fingerprint density at radius 2 is 1.85 bits per heavy atom. The molecule has 0 aromatic carbocycles. The lowest BCUT2D eigenvalue weighted by Gasteiger charge is -2.43. The van der Waals surface area contributed by atoms with E-state index in [0.29, 0.717) is 0 Å². The largest absolute Gasteiger partial charge is 0.316 e. The zero-order valence-corrected chi connectivity index (χ0v) is 8.34. The molecule has 2 nitrogen and oxygen atoms in total. The smallest absolute Gasteiger partial charge is 0.00954 e. The van der Waals surface area contributed by atoms with Gasteiger partial charge in [-0.25, -0.2) is 0 Å². The molecule has 0 radical (unpaired) electrons. The fourth-order valence-electron chi connectivity index (χ4n) is 3.15. The maximum absolute atomic E-state index is 3.53. The molecular formula is C11H20N2. The second-order valence-corrected chi connectivity index (χ2v) is 5.05. The van der Waals surface area contributed by atoms with Gasteiger partial charge < -0.3 is 10.2 Å². The number of piperidine rings is 1. The molecule has 1 saturated carbocycles. The molecule has 0 amide bonds. The van der Waals surface area contributed by atoms with E-state index in [1.165, 1.54) is 51.9 Å². The SMILES string of the molecule is C1CC(N2CCC3CNCC3C2)C1. The summed E-state index contributed by atoms with van der Waals surface area (Å²) in [4.78, 5) is 2.76. The van der Waals surface area contributed by atoms with Gasteiger partial charge >= 0.3 is 0 Å². The van der Waals surface area contributed by atoms with E-state index in [1.54, 1.807) is 0 Å². The first kappa shape index (κ1) is 8.25. The van der Waals surface area contributed by atoms with Gasteiger partial charge in [0.25, 0.3) is 0 Å². The first-order chi connectivity index (χ1) is 6.43. The number of likely N-dealkylation sites (tertiary alicyclic amines) is 1. The molecule has 0 bridgehead atoms. The molecule has 0 aromatic heterocycles. The summed E-state index contributed by atoms with van der Waals surface area (Å²) in [5, 5.41) is 3.53. The molecule has 0 aromatic rings. The standard InChI is InChI=1S/C11H20N2/c1-2-11(3-1)13-5-4-9-6-12-7-10(9)8-13/h9-12H,1-8H2. The number of hydrogen-bond acceptors (Lipinski definition) is 2. The molecule has 1 N–H and O–H groups in total. The average Bonchev–Trinajstić information content (AvgIpc) is 2.47. The van der Waals surface area contributed by atoms with Crippen molar-refractivity contribution in [3.05, 3.63) is 0 Å². The first-order valence-corrected chi connectivity index (χ1v) is 5.88. The maximum Gasteiger partial charge on any atom is 0.00954 e. The van der Waals surface area contributed by atoms with Crippen LogP contribution in [0.1, 0.15) is 25.7 Å². The van der Waals surface area contributed by atoms with Crippen LogP contribution >= 0.6 is 0 Å². The van der Waals surface area contributed by atoms with E-state index in [-0.39, 0.29) is 0 Å². The first-order valence-electron chi connectivity index (χ1n) is 5.88. The molecule has 2 saturated heterocycles. The Balaban J connectivity index is 1.60. The van der Waals surface area contributed by atoms with Gasteiger partial charge in [0.05, 0.1) is 0 Å². The minimum absolute atomic E-state index is 0.974. The van der Waals surface area contributed by atoms with Crippen molar-refractivity contribution in [1.29, 1.82) is 0 Å². The Bertz CT molecular complexity index is 189. The molecule has 3 fully saturated rings. The molecular weight excluding hydrogens is 160 g/mol. The predicted octanol–water partition coefficient (Wildman–Crippen LogP) is 1.08. The van der Waals surface area contributed by atoms with Crippen LogP contribution in [0.5, 0.6) is 0 Å². The van der Waals surface area contributed by atoms with Crippen molar-refractivity contribution in [3.63, 3.8) is 0 Å². The van der Waals surface area contributed by atoms with E-state index in [9.17, 15) is 0 Å². The zero-order valence-electron chi connectivity index (χ0n) is 8.34. The lowest BCUT2D eigenvalue weighted by atomic mass is 9.84. The third kappa shape index (κ3) is 1.40. The molecule has 3 aliphatic rings. The summed E-state index contributed by atoms with van der Waals surface area (Å²) in [5.74, 6) is 1.99. The molecule has 3 rings (SSSR count). The molecule has 2 heteroatoms. The van der Waals surface area contributed by atoms with Crippen molar-refractivity contribution >= 4 is 0 Å². The summed E-state index contributed by atoms with van der Waals surface area (Å²) in [5.41, 5.74) is 0. The van der Waals surface area contributed by atoms with Gasteiger partial charge in [-0.15, -0.1) is 0 Å². The van der Waals surface area contributed by atoms with Crippen LogP contribution < -0.4 is 5.32 Å². The van der Waals surface area contributed by atoms with E-state index >= 15 is 0 Å². The van der Waals surface area contributed by atoms with Gasteiger partial charge in [-0.05, 0) is 50.7 Å². The van der Waals surface area contributed by atoms with Crippen molar-refractivity contribution in [2.24, 2.45) is 11.8 Å². The summed E-state index contributed by atoms with van der Waals surface area (Å²) in [6.07, 6.45) is 5.89. The summed E-state index contributed by atoms with van der Waals surface area (Å²) >= 11 is 0. The molecule has 74 valence electrons. The Morgan fingerprint density at radius 3 is 2.62 bits per heavy atom. The van der Waals surface area contributed by atoms with E-state index in [2.05, 4.69) is 10.2 Å².